The first-order valence-electron chi connectivity index (χ1n) is 7.29. The lowest BCUT2D eigenvalue weighted by Gasteiger charge is -2.23. The highest BCUT2D eigenvalue weighted by molar-refractivity contribution is 5.92. The highest BCUT2D eigenvalue weighted by atomic mass is 16.2. The zero-order chi connectivity index (χ0) is 15.2. The number of carbonyl (C=O) groups is 1. The molecule has 0 unspecified atom stereocenters. The van der Waals surface area contributed by atoms with Crippen molar-refractivity contribution in [3.8, 4) is 0 Å². The van der Waals surface area contributed by atoms with E-state index in [4.69, 9.17) is 5.73 Å². The van der Waals surface area contributed by atoms with Gasteiger partial charge in [-0.3, -0.25) is 4.79 Å². The van der Waals surface area contributed by atoms with Crippen LogP contribution in [-0.2, 0) is 13.6 Å². The summed E-state index contributed by atoms with van der Waals surface area (Å²) in [6, 6.07) is 13.9. The molecule has 0 saturated heterocycles. The molecule has 112 valence electrons. The molecular weight excluding hydrogens is 262 g/mol. The second-order valence-corrected chi connectivity index (χ2v) is 5.27. The molecule has 21 heavy (non-hydrogen) atoms. The lowest BCUT2D eigenvalue weighted by atomic mass is 10.2. The summed E-state index contributed by atoms with van der Waals surface area (Å²) in [5.41, 5.74) is 8.54. The zero-order valence-electron chi connectivity index (χ0n) is 12.7. The largest absolute Gasteiger partial charge is 0.344 e. The molecule has 2 N–H and O–H groups in total. The number of hydrogen-bond acceptors (Lipinski definition) is 2. The maximum atomic E-state index is 12.8. The molecule has 2 rings (SSSR count). The predicted octanol–water partition coefficient (Wildman–Crippen LogP) is 2.32. The summed E-state index contributed by atoms with van der Waals surface area (Å²) in [6.45, 7) is 3.88. The van der Waals surface area contributed by atoms with Crippen molar-refractivity contribution >= 4 is 5.91 Å². The van der Waals surface area contributed by atoms with Crippen molar-refractivity contribution in [2.75, 3.05) is 13.1 Å². The second-order valence-electron chi connectivity index (χ2n) is 5.27. The predicted molar refractivity (Wildman–Crippen MR) is 85.0 cm³/mol. The molecule has 0 aliphatic rings. The molecule has 4 heteroatoms. The molecule has 1 heterocycles. The van der Waals surface area contributed by atoms with Crippen molar-refractivity contribution in [3.63, 3.8) is 0 Å². The summed E-state index contributed by atoms with van der Waals surface area (Å²) in [5, 5.41) is 0. The van der Waals surface area contributed by atoms with Crippen molar-refractivity contribution in [1.82, 2.24) is 9.47 Å². The van der Waals surface area contributed by atoms with Gasteiger partial charge in [-0.15, -0.1) is 0 Å². The summed E-state index contributed by atoms with van der Waals surface area (Å²) in [7, 11) is 1.92. The maximum absolute atomic E-state index is 12.8. The third-order valence-corrected chi connectivity index (χ3v) is 3.73. The minimum absolute atomic E-state index is 0.0582. The Kier molecular flexibility index (Phi) is 5.17. The Bertz CT molecular complexity index is 589. The zero-order valence-corrected chi connectivity index (χ0v) is 12.7. The highest BCUT2D eigenvalue weighted by Gasteiger charge is 2.18. The van der Waals surface area contributed by atoms with Crippen molar-refractivity contribution in [2.45, 2.75) is 19.9 Å². The van der Waals surface area contributed by atoms with E-state index in [2.05, 4.69) is 0 Å². The van der Waals surface area contributed by atoms with Crippen LogP contribution in [-0.4, -0.2) is 28.5 Å². The second kappa shape index (κ2) is 7.09. The summed E-state index contributed by atoms with van der Waals surface area (Å²) >= 11 is 0. The fraction of sp³-hybridized carbons (Fsp3) is 0.353. The number of aromatic nitrogens is 1. The monoisotopic (exact) mass is 285 g/mol. The Morgan fingerprint density at radius 2 is 1.90 bits per heavy atom. The van der Waals surface area contributed by atoms with Gasteiger partial charge in [-0.25, -0.2) is 0 Å². The van der Waals surface area contributed by atoms with Crippen LogP contribution in [0.4, 0.5) is 0 Å². The Morgan fingerprint density at radius 3 is 2.48 bits per heavy atom. The molecule has 2 aromatic rings. The van der Waals surface area contributed by atoms with Gasteiger partial charge in [-0.1, -0.05) is 30.3 Å². The van der Waals surface area contributed by atoms with E-state index in [9.17, 15) is 4.79 Å². The number of amides is 1. The topological polar surface area (TPSA) is 51.3 Å². The Balaban J connectivity index is 2.19. The Labute approximate surface area is 126 Å². The van der Waals surface area contributed by atoms with Crippen LogP contribution < -0.4 is 5.73 Å². The van der Waals surface area contributed by atoms with E-state index in [1.54, 1.807) is 0 Å². The molecule has 0 atom stereocenters. The normalized spacial score (nSPS) is 10.6. The van der Waals surface area contributed by atoms with E-state index in [0.29, 0.717) is 19.6 Å². The molecule has 0 aliphatic carbocycles. The quantitative estimate of drug-likeness (QED) is 0.885. The number of rotatable bonds is 6. The highest BCUT2D eigenvalue weighted by Crippen LogP contribution is 2.13. The van der Waals surface area contributed by atoms with Gasteiger partial charge < -0.3 is 15.2 Å². The molecule has 0 radical (unpaired) electrons. The van der Waals surface area contributed by atoms with Gasteiger partial charge in [0.25, 0.3) is 5.91 Å². The number of nitrogens with two attached hydrogens (primary N) is 1. The number of carbonyl (C=O) groups excluding carboxylic acids is 1. The number of aryl methyl sites for hydroxylation is 1. The summed E-state index contributed by atoms with van der Waals surface area (Å²) in [6.07, 6.45) is 0.808. The fourth-order valence-electron chi connectivity index (χ4n) is 2.33. The molecule has 0 fully saturated rings. The molecule has 1 aromatic carbocycles. The van der Waals surface area contributed by atoms with E-state index in [1.165, 1.54) is 0 Å². The van der Waals surface area contributed by atoms with Crippen LogP contribution in [0.3, 0.4) is 0 Å². The van der Waals surface area contributed by atoms with Gasteiger partial charge in [-0.2, -0.15) is 0 Å². The van der Waals surface area contributed by atoms with E-state index >= 15 is 0 Å². The lowest BCUT2D eigenvalue weighted by Crippen LogP contribution is -2.33. The van der Waals surface area contributed by atoms with Crippen LogP contribution in [0.15, 0.2) is 42.5 Å². The maximum Gasteiger partial charge on any atom is 0.270 e. The number of benzene rings is 1. The van der Waals surface area contributed by atoms with Crippen LogP contribution in [0.25, 0.3) is 0 Å². The smallest absolute Gasteiger partial charge is 0.270 e. The minimum atomic E-state index is 0.0582. The van der Waals surface area contributed by atoms with Crippen molar-refractivity contribution in [2.24, 2.45) is 12.8 Å². The third-order valence-electron chi connectivity index (χ3n) is 3.73. The van der Waals surface area contributed by atoms with Gasteiger partial charge in [0.1, 0.15) is 5.69 Å². The van der Waals surface area contributed by atoms with Crippen LogP contribution in [0.2, 0.25) is 0 Å². The molecule has 1 amide bonds. The molecular formula is C17H23N3O. The average molecular weight is 285 g/mol. The van der Waals surface area contributed by atoms with Gasteiger partial charge in [0.05, 0.1) is 0 Å². The standard InChI is InChI=1S/C17H23N3O/c1-14-9-10-16(19(14)2)17(21)20(12-6-11-18)13-15-7-4-3-5-8-15/h3-5,7-10H,6,11-13,18H2,1-2H3. The van der Waals surface area contributed by atoms with Crippen LogP contribution in [0.1, 0.15) is 28.2 Å². The molecule has 1 aromatic heterocycles. The summed E-state index contributed by atoms with van der Waals surface area (Å²) in [4.78, 5) is 14.6. The van der Waals surface area contributed by atoms with Crippen LogP contribution >= 0.6 is 0 Å². The summed E-state index contributed by atoms with van der Waals surface area (Å²) in [5.74, 6) is 0.0582. The minimum Gasteiger partial charge on any atom is -0.344 e. The first kappa shape index (κ1) is 15.3. The van der Waals surface area contributed by atoms with Crippen LogP contribution in [0, 0.1) is 6.92 Å². The van der Waals surface area contributed by atoms with Gasteiger partial charge in [0, 0.05) is 25.8 Å². The fourth-order valence-corrected chi connectivity index (χ4v) is 2.33. The molecule has 0 aliphatic heterocycles. The lowest BCUT2D eigenvalue weighted by molar-refractivity contribution is 0.0732. The van der Waals surface area contributed by atoms with Crippen LogP contribution in [0.5, 0.6) is 0 Å². The summed E-state index contributed by atoms with van der Waals surface area (Å²) < 4.78 is 1.93. The first-order valence-corrected chi connectivity index (χ1v) is 7.29. The van der Waals surface area contributed by atoms with Gasteiger partial charge >= 0.3 is 0 Å². The Hall–Kier alpha value is -2.07. The van der Waals surface area contributed by atoms with Crippen molar-refractivity contribution < 1.29 is 4.79 Å². The number of hydrogen-bond donors (Lipinski definition) is 1. The third kappa shape index (κ3) is 3.73. The molecule has 4 nitrogen and oxygen atoms in total. The van der Waals surface area contributed by atoms with Crippen molar-refractivity contribution in [1.29, 1.82) is 0 Å². The van der Waals surface area contributed by atoms with Gasteiger partial charge in [0.2, 0.25) is 0 Å². The molecule has 0 spiro atoms. The van der Waals surface area contributed by atoms with E-state index in [0.717, 1.165) is 23.4 Å². The van der Waals surface area contributed by atoms with E-state index < -0.39 is 0 Å². The first-order chi connectivity index (χ1) is 10.1. The van der Waals surface area contributed by atoms with Gasteiger partial charge in [-0.05, 0) is 37.6 Å². The van der Waals surface area contributed by atoms with E-state index in [-0.39, 0.29) is 5.91 Å². The molecule has 0 saturated carbocycles. The van der Waals surface area contributed by atoms with Crippen molar-refractivity contribution in [3.05, 3.63) is 59.4 Å². The average Bonchev–Trinajstić information content (AvgIpc) is 2.84. The van der Waals surface area contributed by atoms with Gasteiger partial charge in [0.15, 0.2) is 0 Å². The van der Waals surface area contributed by atoms with E-state index in [1.807, 2.05) is 65.9 Å². The number of nitrogens with zero attached hydrogens (tertiary/aromatic N) is 2. The Morgan fingerprint density at radius 1 is 1.19 bits per heavy atom. The molecule has 0 bridgehead atoms. The SMILES string of the molecule is Cc1ccc(C(=O)N(CCCN)Cc2ccccc2)n1C.